The minimum absolute atomic E-state index is 0. The van der Waals surface area contributed by atoms with E-state index in [4.69, 9.17) is 0 Å². The Balaban J connectivity index is 0.00000150. The molecule has 4 rings (SSSR count). The van der Waals surface area contributed by atoms with Gasteiger partial charge in [-0.25, -0.2) is 0 Å². The van der Waals surface area contributed by atoms with Gasteiger partial charge in [0.25, 0.3) is 0 Å². The molecule has 2 aromatic carbocycles. The number of hydrogen-bond donors (Lipinski definition) is 0. The van der Waals surface area contributed by atoms with Crippen molar-refractivity contribution in [2.24, 2.45) is 0 Å². The standard InChI is InChI=1S/2C11H13BN.2ClH.Zr/c2*1-2-13-10-6-9-12(13)11-7-4-3-5-8-11;;;/h2*3-10H,2H2,1H3;2*1H;/q;;;;+2/p-2. The van der Waals surface area contributed by atoms with Crippen molar-refractivity contribution in [3.63, 3.8) is 0 Å². The average Bonchev–Trinajstić information content (AvgIpc) is 3.33. The molecule has 2 aromatic rings. The first-order valence-electron chi connectivity index (χ1n) is 10.1. The fraction of sp³-hybridized carbons (Fsp3) is 0.273. The Hall–Kier alpha value is -0.887. The Morgan fingerprint density at radius 2 is 1.07 bits per heavy atom. The molecule has 7 heteroatoms. The summed E-state index contributed by atoms with van der Waals surface area (Å²) in [6, 6.07) is 22.2. The Bertz CT molecular complexity index is 739. The molecule has 0 bridgehead atoms. The van der Waals surface area contributed by atoms with Crippen molar-refractivity contribution in [2.45, 2.75) is 20.9 Å². The predicted molar refractivity (Wildman–Crippen MR) is 114 cm³/mol. The van der Waals surface area contributed by atoms with Crippen LogP contribution >= 0.6 is 0 Å². The molecule has 0 saturated carbocycles. The third-order valence-electron chi connectivity index (χ3n) is 5.76. The Morgan fingerprint density at radius 1 is 0.690 bits per heavy atom. The first-order valence-corrected chi connectivity index (χ1v) is 12.9. The van der Waals surface area contributed by atoms with Gasteiger partial charge < -0.3 is 24.8 Å². The minimum atomic E-state index is -0.702. The van der Waals surface area contributed by atoms with Crippen LogP contribution in [0.15, 0.2) is 85.2 Å². The molecule has 0 spiro atoms. The van der Waals surface area contributed by atoms with E-state index in [0.717, 1.165) is 13.1 Å². The van der Waals surface area contributed by atoms with Crippen LogP contribution in [0.5, 0.6) is 0 Å². The van der Waals surface area contributed by atoms with E-state index >= 15 is 0 Å². The molecule has 2 atom stereocenters. The van der Waals surface area contributed by atoms with E-state index in [2.05, 4.69) is 109 Å². The molecule has 0 fully saturated rings. The topological polar surface area (TPSA) is 6.48 Å². The third-order valence-corrected chi connectivity index (χ3v) is 10.2. The van der Waals surface area contributed by atoms with Crippen molar-refractivity contribution >= 4 is 24.6 Å². The largest absolute Gasteiger partial charge is 1.00 e. The molecule has 148 valence electrons. The fourth-order valence-corrected chi connectivity index (χ4v) is 9.28. The van der Waals surface area contributed by atoms with Crippen molar-refractivity contribution in [1.82, 2.24) is 9.62 Å². The van der Waals surface area contributed by atoms with Crippen molar-refractivity contribution in [1.29, 1.82) is 0 Å². The summed E-state index contributed by atoms with van der Waals surface area (Å²) in [7, 11) is 0. The van der Waals surface area contributed by atoms with Crippen LogP contribution in [0.1, 0.15) is 13.8 Å². The maximum absolute atomic E-state index is 2.54. The zero-order chi connectivity index (χ0) is 18.6. The molecule has 0 radical (unpaired) electrons. The molecule has 2 heterocycles. The van der Waals surface area contributed by atoms with Crippen LogP contribution in [0.2, 0.25) is 7.05 Å². The number of halogens is 2. The van der Waals surface area contributed by atoms with Crippen LogP contribution in [0.25, 0.3) is 0 Å². The molecule has 2 aliphatic heterocycles. The first kappa shape index (κ1) is 24.4. The van der Waals surface area contributed by atoms with Gasteiger partial charge in [-0.1, -0.05) is 0 Å². The minimum Gasteiger partial charge on any atom is -1.00 e. The zero-order valence-corrected chi connectivity index (χ0v) is 20.9. The Morgan fingerprint density at radius 3 is 1.41 bits per heavy atom. The summed E-state index contributed by atoms with van der Waals surface area (Å²) in [5, 5.41) is 0. The zero-order valence-electron chi connectivity index (χ0n) is 17.0. The van der Waals surface area contributed by atoms with Crippen LogP contribution in [-0.2, 0) is 23.2 Å². The van der Waals surface area contributed by atoms with Crippen LogP contribution in [-0.4, -0.2) is 36.4 Å². The summed E-state index contributed by atoms with van der Waals surface area (Å²) in [5.74, 6) is 0. The summed E-state index contributed by atoms with van der Waals surface area (Å²) in [5.41, 5.74) is 2.95. The van der Waals surface area contributed by atoms with Crippen LogP contribution in [0.4, 0.5) is 0 Å². The Kier molecular flexibility index (Phi) is 9.66. The van der Waals surface area contributed by atoms with Crippen LogP contribution in [0, 0.1) is 0 Å². The third kappa shape index (κ3) is 5.24. The van der Waals surface area contributed by atoms with Gasteiger partial charge >= 0.3 is 177 Å². The number of allylic oxidation sites excluding steroid dienone is 2. The summed E-state index contributed by atoms with van der Waals surface area (Å²) in [4.78, 5) is 5.07. The molecular formula is C22H26B2Cl2N2Zr. The quantitative estimate of drug-likeness (QED) is 0.395. The van der Waals surface area contributed by atoms with E-state index in [1.165, 1.54) is 10.9 Å². The van der Waals surface area contributed by atoms with Crippen LogP contribution in [0.3, 0.4) is 0 Å². The van der Waals surface area contributed by atoms with Gasteiger partial charge in [-0.15, -0.1) is 0 Å². The van der Waals surface area contributed by atoms with E-state index in [1.807, 2.05) is 0 Å². The summed E-state index contributed by atoms with van der Waals surface area (Å²) < 4.78 is 1.43. The van der Waals surface area contributed by atoms with Gasteiger partial charge in [0.05, 0.1) is 0 Å². The SMILES string of the molecule is CCN1C=C[CH]([Zr+2][CH]2C=CN(CC)B2c2ccccc2)B1c1ccccc1.[Cl-].[Cl-]. The van der Waals surface area contributed by atoms with Crippen LogP contribution < -0.4 is 35.7 Å². The normalized spacial score (nSPS) is 19.8. The molecule has 29 heavy (non-hydrogen) atoms. The number of nitrogens with zero attached hydrogens (tertiary/aromatic N) is 2. The molecule has 0 saturated heterocycles. The maximum atomic E-state index is 2.54. The van der Waals surface area contributed by atoms with E-state index in [-0.39, 0.29) is 24.8 Å². The molecule has 0 amide bonds. The monoisotopic (exact) mass is 500 g/mol. The first-order chi connectivity index (χ1) is 13.3. The van der Waals surface area contributed by atoms with Crippen molar-refractivity contribution in [3.8, 4) is 0 Å². The van der Waals surface area contributed by atoms with Gasteiger partial charge in [0.1, 0.15) is 0 Å². The maximum Gasteiger partial charge on any atom is -1.00 e. The molecule has 2 nitrogen and oxygen atoms in total. The van der Waals surface area contributed by atoms with Gasteiger partial charge in [0, 0.05) is 0 Å². The fourth-order valence-electron chi connectivity index (χ4n) is 4.43. The van der Waals surface area contributed by atoms with Crippen molar-refractivity contribution in [2.75, 3.05) is 13.1 Å². The Labute approximate surface area is 200 Å². The second-order valence-corrected chi connectivity index (χ2v) is 11.4. The van der Waals surface area contributed by atoms with Gasteiger partial charge in [0.15, 0.2) is 0 Å². The van der Waals surface area contributed by atoms with Crippen molar-refractivity contribution < 1.29 is 48.0 Å². The van der Waals surface area contributed by atoms with Crippen molar-refractivity contribution in [3.05, 3.63) is 85.2 Å². The second-order valence-electron chi connectivity index (χ2n) is 7.27. The van der Waals surface area contributed by atoms with Gasteiger partial charge in [-0.2, -0.15) is 0 Å². The molecule has 0 aliphatic carbocycles. The van der Waals surface area contributed by atoms with Gasteiger partial charge in [0.2, 0.25) is 0 Å². The summed E-state index contributed by atoms with van der Waals surface area (Å²) in [6.45, 7) is 7.76. The molecule has 0 N–H and O–H groups in total. The molecular weight excluding hydrogens is 476 g/mol. The van der Waals surface area contributed by atoms with Gasteiger partial charge in [-0.3, -0.25) is 0 Å². The van der Waals surface area contributed by atoms with E-state index in [0.29, 0.717) is 20.7 Å². The number of rotatable bonds is 6. The molecule has 2 aliphatic rings. The van der Waals surface area contributed by atoms with Gasteiger partial charge in [-0.05, 0) is 0 Å². The summed E-state index contributed by atoms with van der Waals surface area (Å²) >= 11 is -0.702. The van der Waals surface area contributed by atoms with E-state index in [9.17, 15) is 0 Å². The molecule has 2 unspecified atom stereocenters. The summed E-state index contributed by atoms with van der Waals surface area (Å²) in [6.07, 6.45) is 9.74. The second kappa shape index (κ2) is 11.5. The van der Waals surface area contributed by atoms with E-state index < -0.39 is 23.2 Å². The molecule has 0 aromatic heterocycles. The number of benzene rings is 2. The number of hydrogen-bond acceptors (Lipinski definition) is 2. The predicted octanol–water partition coefficient (Wildman–Crippen LogP) is -2.77. The van der Waals surface area contributed by atoms with E-state index in [1.54, 1.807) is 0 Å². The average molecular weight is 502 g/mol. The smallest absolute Gasteiger partial charge is 1.00 e.